The molecule has 0 aliphatic rings. The summed E-state index contributed by atoms with van der Waals surface area (Å²) in [7, 11) is 0. The molecule has 1 aromatic carbocycles. The summed E-state index contributed by atoms with van der Waals surface area (Å²) in [5.41, 5.74) is 6.42. The average molecular weight is 584 g/mol. The van der Waals surface area contributed by atoms with E-state index in [1.54, 1.807) is 20.8 Å². The molecular formula is C29H45NO11. The lowest BCUT2D eigenvalue weighted by Crippen LogP contribution is -2.42. The predicted octanol–water partition coefficient (Wildman–Crippen LogP) is 6.18. The Balaban J connectivity index is 3.32. The van der Waals surface area contributed by atoms with E-state index in [2.05, 4.69) is 0 Å². The minimum absolute atomic E-state index is 0.121. The van der Waals surface area contributed by atoms with E-state index in [4.69, 9.17) is 34.2 Å². The SMILES string of the molecule is CCCCOC(=O)Oc1ccc(C(C(C)C(C)OC(=O)OC(C)CCC)[C@H](N)C(=O)O)cc1OC(=O)OCCCC. The third-order valence-electron chi connectivity index (χ3n) is 6.43. The molecule has 1 aromatic rings. The Bertz CT molecular complexity index is 984. The van der Waals surface area contributed by atoms with Gasteiger partial charge in [0.1, 0.15) is 18.2 Å². The van der Waals surface area contributed by atoms with Crippen LogP contribution < -0.4 is 15.2 Å². The highest BCUT2D eigenvalue weighted by molar-refractivity contribution is 5.75. The van der Waals surface area contributed by atoms with Gasteiger partial charge in [-0.25, -0.2) is 14.4 Å². The first-order valence-electron chi connectivity index (χ1n) is 14.1. The number of carboxylic acid groups (broad SMARTS) is 1. The molecule has 0 fully saturated rings. The number of ether oxygens (including phenoxy) is 6. The molecule has 5 atom stereocenters. The molecule has 0 saturated heterocycles. The predicted molar refractivity (Wildman–Crippen MR) is 149 cm³/mol. The summed E-state index contributed by atoms with van der Waals surface area (Å²) >= 11 is 0. The zero-order valence-electron chi connectivity index (χ0n) is 24.9. The molecule has 0 radical (unpaired) electrons. The van der Waals surface area contributed by atoms with Crippen molar-refractivity contribution >= 4 is 24.4 Å². The molecule has 12 heteroatoms. The summed E-state index contributed by atoms with van der Waals surface area (Å²) in [4.78, 5) is 48.8. The second kappa shape index (κ2) is 18.7. The topological polar surface area (TPSA) is 170 Å². The van der Waals surface area contributed by atoms with E-state index in [-0.39, 0.29) is 30.8 Å². The Hall–Kier alpha value is -3.54. The fourth-order valence-corrected chi connectivity index (χ4v) is 3.93. The number of unbranched alkanes of at least 4 members (excludes halogenated alkanes) is 2. The lowest BCUT2D eigenvalue weighted by Gasteiger charge is -2.31. The maximum Gasteiger partial charge on any atom is 0.513 e. The molecule has 1 rings (SSSR count). The maximum absolute atomic E-state index is 12.4. The van der Waals surface area contributed by atoms with Gasteiger partial charge in [-0.2, -0.15) is 0 Å². The summed E-state index contributed by atoms with van der Waals surface area (Å²) < 4.78 is 31.4. The van der Waals surface area contributed by atoms with Crippen molar-refractivity contribution in [3.05, 3.63) is 23.8 Å². The van der Waals surface area contributed by atoms with Crippen molar-refractivity contribution in [3.63, 3.8) is 0 Å². The van der Waals surface area contributed by atoms with Gasteiger partial charge in [0, 0.05) is 11.8 Å². The summed E-state index contributed by atoms with van der Waals surface area (Å²) in [6.07, 6.45) is 0.277. The van der Waals surface area contributed by atoms with Crippen molar-refractivity contribution in [2.45, 2.75) is 104 Å². The second-order valence-corrected chi connectivity index (χ2v) is 9.85. The van der Waals surface area contributed by atoms with Crippen LogP contribution >= 0.6 is 0 Å². The van der Waals surface area contributed by atoms with E-state index in [1.807, 2.05) is 20.8 Å². The number of carbonyl (C=O) groups is 4. The number of nitrogens with two attached hydrogens (primary N) is 1. The van der Waals surface area contributed by atoms with Crippen LogP contribution in [0.1, 0.15) is 91.5 Å². The molecule has 41 heavy (non-hydrogen) atoms. The number of hydrogen-bond donors (Lipinski definition) is 2. The first-order valence-corrected chi connectivity index (χ1v) is 14.1. The van der Waals surface area contributed by atoms with Gasteiger partial charge in [-0.3, -0.25) is 4.79 Å². The Kier molecular flexibility index (Phi) is 16.2. The van der Waals surface area contributed by atoms with Gasteiger partial charge in [-0.1, -0.05) is 53.0 Å². The van der Waals surface area contributed by atoms with Crippen LogP contribution in [-0.2, 0) is 23.7 Å². The van der Waals surface area contributed by atoms with Gasteiger partial charge in [0.15, 0.2) is 11.5 Å². The van der Waals surface area contributed by atoms with Crippen molar-refractivity contribution in [1.82, 2.24) is 0 Å². The molecule has 0 saturated carbocycles. The van der Waals surface area contributed by atoms with E-state index >= 15 is 0 Å². The monoisotopic (exact) mass is 583 g/mol. The fourth-order valence-electron chi connectivity index (χ4n) is 3.93. The van der Waals surface area contributed by atoms with Crippen molar-refractivity contribution in [2.24, 2.45) is 11.7 Å². The molecule has 0 spiro atoms. The molecule has 0 aliphatic carbocycles. The van der Waals surface area contributed by atoms with Crippen molar-refractivity contribution < 1.29 is 52.7 Å². The summed E-state index contributed by atoms with van der Waals surface area (Å²) in [5, 5.41) is 9.77. The Morgan fingerprint density at radius 2 is 1.37 bits per heavy atom. The van der Waals surface area contributed by atoms with E-state index in [9.17, 15) is 24.3 Å². The lowest BCUT2D eigenvalue weighted by molar-refractivity contribution is -0.139. The Morgan fingerprint density at radius 3 is 1.88 bits per heavy atom. The number of benzene rings is 1. The van der Waals surface area contributed by atoms with E-state index in [1.165, 1.54) is 18.2 Å². The first kappa shape index (κ1) is 35.5. The van der Waals surface area contributed by atoms with Crippen LogP contribution in [0.15, 0.2) is 18.2 Å². The van der Waals surface area contributed by atoms with Gasteiger partial charge in [0.05, 0.1) is 13.2 Å². The highest BCUT2D eigenvalue weighted by atomic mass is 16.7. The van der Waals surface area contributed by atoms with Crippen LogP contribution in [0, 0.1) is 5.92 Å². The Labute approximate surface area is 241 Å². The molecule has 0 aromatic heterocycles. The number of aliphatic carboxylic acids is 1. The average Bonchev–Trinajstić information content (AvgIpc) is 2.90. The molecule has 12 nitrogen and oxygen atoms in total. The minimum Gasteiger partial charge on any atom is -0.480 e. The maximum atomic E-state index is 12.4. The summed E-state index contributed by atoms with van der Waals surface area (Å²) in [6, 6.07) is 2.74. The van der Waals surface area contributed by atoms with E-state index in [0.29, 0.717) is 24.8 Å². The van der Waals surface area contributed by atoms with E-state index in [0.717, 1.165) is 19.3 Å². The molecule has 232 valence electrons. The molecule has 0 heterocycles. The zero-order valence-corrected chi connectivity index (χ0v) is 24.9. The molecule has 0 bridgehead atoms. The minimum atomic E-state index is -1.43. The largest absolute Gasteiger partial charge is 0.513 e. The van der Waals surface area contributed by atoms with Crippen LogP contribution in [0.4, 0.5) is 14.4 Å². The number of rotatable bonds is 17. The van der Waals surface area contributed by atoms with Crippen molar-refractivity contribution in [1.29, 1.82) is 0 Å². The standard InChI is InChI=1S/C29H45NO11/c1-7-10-15-36-27(33)40-22-14-13-21(17-23(22)41-28(34)37-16-11-8-2)24(25(30)26(31)32)19(5)20(6)39-29(35)38-18(4)12-9-3/h13-14,17-20,24-25H,7-12,15-16,30H2,1-6H3,(H,31,32)/t18?,19?,20?,24?,25-/m0/s1. The highest BCUT2D eigenvalue weighted by Crippen LogP contribution is 2.37. The van der Waals surface area contributed by atoms with Crippen LogP contribution in [0.5, 0.6) is 11.5 Å². The van der Waals surface area contributed by atoms with Crippen LogP contribution in [0.2, 0.25) is 0 Å². The molecule has 0 aliphatic heterocycles. The smallest absolute Gasteiger partial charge is 0.480 e. The van der Waals surface area contributed by atoms with Crippen molar-refractivity contribution in [2.75, 3.05) is 13.2 Å². The second-order valence-electron chi connectivity index (χ2n) is 9.85. The van der Waals surface area contributed by atoms with Crippen LogP contribution in [0.3, 0.4) is 0 Å². The highest BCUT2D eigenvalue weighted by Gasteiger charge is 2.36. The normalized spacial score (nSPS) is 14.5. The van der Waals surface area contributed by atoms with Crippen molar-refractivity contribution in [3.8, 4) is 11.5 Å². The number of hydrogen-bond acceptors (Lipinski definition) is 11. The lowest BCUT2D eigenvalue weighted by atomic mass is 9.79. The number of carboxylic acids is 1. The van der Waals surface area contributed by atoms with Gasteiger partial charge in [0.2, 0.25) is 0 Å². The van der Waals surface area contributed by atoms with Gasteiger partial charge >= 0.3 is 24.4 Å². The van der Waals surface area contributed by atoms with Gasteiger partial charge in [-0.15, -0.1) is 0 Å². The van der Waals surface area contributed by atoms with Gasteiger partial charge in [0.25, 0.3) is 0 Å². The first-order chi connectivity index (χ1) is 19.4. The quantitative estimate of drug-likeness (QED) is 0.0925. The molecule has 3 N–H and O–H groups in total. The van der Waals surface area contributed by atoms with E-state index < -0.39 is 48.4 Å². The molecular weight excluding hydrogens is 538 g/mol. The summed E-state index contributed by atoms with van der Waals surface area (Å²) in [5.74, 6) is -3.20. The van der Waals surface area contributed by atoms with Gasteiger partial charge < -0.3 is 39.3 Å². The fraction of sp³-hybridized carbons (Fsp3) is 0.655. The Morgan fingerprint density at radius 1 is 0.805 bits per heavy atom. The molecule has 4 unspecified atom stereocenters. The summed E-state index contributed by atoms with van der Waals surface area (Å²) in [6.45, 7) is 11.1. The van der Waals surface area contributed by atoms with Crippen LogP contribution in [-0.4, -0.2) is 61.0 Å². The zero-order chi connectivity index (χ0) is 30.9. The third-order valence-corrected chi connectivity index (χ3v) is 6.43. The van der Waals surface area contributed by atoms with Gasteiger partial charge in [-0.05, 0) is 50.8 Å². The number of carbonyl (C=O) groups excluding carboxylic acids is 3. The molecule has 0 amide bonds. The van der Waals surface area contributed by atoms with Crippen LogP contribution in [0.25, 0.3) is 0 Å². The third kappa shape index (κ3) is 12.7.